The first-order valence-electron chi connectivity index (χ1n) is 4.11. The van der Waals surface area contributed by atoms with Crippen molar-refractivity contribution < 1.29 is 13.2 Å². The predicted molar refractivity (Wildman–Crippen MR) is 47.3 cm³/mol. The van der Waals surface area contributed by atoms with Crippen molar-refractivity contribution in [3.8, 4) is 11.1 Å². The first-order valence-corrected chi connectivity index (χ1v) is 4.11. The lowest BCUT2D eigenvalue weighted by Gasteiger charge is -2.01. The molecule has 0 bridgehead atoms. The fourth-order valence-electron chi connectivity index (χ4n) is 1.16. The molecule has 0 N–H and O–H groups in total. The van der Waals surface area contributed by atoms with Gasteiger partial charge in [0.2, 0.25) is 5.95 Å². The summed E-state index contributed by atoms with van der Waals surface area (Å²) in [7, 11) is 0. The summed E-state index contributed by atoms with van der Waals surface area (Å²) in [4.78, 5) is 6.16. The van der Waals surface area contributed by atoms with E-state index in [1.165, 1.54) is 24.3 Å². The molecular formula is C10H5F3N2. The van der Waals surface area contributed by atoms with Gasteiger partial charge in [0.15, 0.2) is 0 Å². The molecule has 0 fully saturated rings. The van der Waals surface area contributed by atoms with Gasteiger partial charge in [0, 0.05) is 6.20 Å². The molecule has 0 atom stereocenters. The van der Waals surface area contributed by atoms with E-state index >= 15 is 0 Å². The van der Waals surface area contributed by atoms with E-state index in [2.05, 4.69) is 9.97 Å². The third kappa shape index (κ3) is 1.96. The van der Waals surface area contributed by atoms with E-state index in [1.54, 1.807) is 0 Å². The second kappa shape index (κ2) is 3.68. The molecule has 0 aliphatic rings. The Kier molecular flexibility index (Phi) is 2.37. The maximum Gasteiger partial charge on any atom is 0.311 e. The highest BCUT2D eigenvalue weighted by molar-refractivity contribution is 5.61. The highest BCUT2D eigenvalue weighted by Crippen LogP contribution is 2.20. The summed E-state index contributed by atoms with van der Waals surface area (Å²) in [5.74, 6) is -1.39. The zero-order valence-electron chi connectivity index (χ0n) is 7.42. The molecule has 1 aromatic heterocycles. The predicted octanol–water partition coefficient (Wildman–Crippen LogP) is 2.56. The van der Waals surface area contributed by atoms with Crippen LogP contribution in [-0.4, -0.2) is 9.97 Å². The van der Waals surface area contributed by atoms with Crippen LogP contribution in [0.1, 0.15) is 0 Å². The van der Waals surface area contributed by atoms with Crippen LogP contribution in [-0.2, 0) is 0 Å². The first kappa shape index (κ1) is 9.64. The molecule has 15 heavy (non-hydrogen) atoms. The lowest BCUT2D eigenvalue weighted by atomic mass is 10.1. The molecule has 76 valence electrons. The molecule has 5 heteroatoms. The van der Waals surface area contributed by atoms with Gasteiger partial charge in [-0.3, -0.25) is 0 Å². The Morgan fingerprint density at radius 2 is 1.60 bits per heavy atom. The average molecular weight is 210 g/mol. The van der Waals surface area contributed by atoms with E-state index in [1.807, 2.05) is 0 Å². The monoisotopic (exact) mass is 210 g/mol. The van der Waals surface area contributed by atoms with Gasteiger partial charge in [0.25, 0.3) is 0 Å². The third-order valence-electron chi connectivity index (χ3n) is 1.87. The van der Waals surface area contributed by atoms with Crippen LogP contribution < -0.4 is 0 Å². The summed E-state index contributed by atoms with van der Waals surface area (Å²) in [6.45, 7) is 0. The molecule has 0 aliphatic heterocycles. The van der Waals surface area contributed by atoms with E-state index in [0.29, 0.717) is 5.56 Å². The van der Waals surface area contributed by atoms with E-state index in [0.717, 1.165) is 6.20 Å². The Hall–Kier alpha value is -1.91. The fourth-order valence-corrected chi connectivity index (χ4v) is 1.16. The molecule has 2 rings (SSSR count). The number of aromatic nitrogens is 2. The zero-order chi connectivity index (χ0) is 10.8. The highest BCUT2D eigenvalue weighted by atomic mass is 19.1. The minimum absolute atomic E-state index is 0.0383. The smallest absolute Gasteiger partial charge is 0.210 e. The molecule has 1 heterocycles. The molecule has 2 aromatic rings. The van der Waals surface area contributed by atoms with Crippen LogP contribution >= 0.6 is 0 Å². The van der Waals surface area contributed by atoms with Crippen LogP contribution in [0.5, 0.6) is 0 Å². The van der Waals surface area contributed by atoms with Crippen LogP contribution in [0.3, 0.4) is 0 Å². The van der Waals surface area contributed by atoms with Crippen LogP contribution in [0, 0.1) is 17.8 Å². The van der Waals surface area contributed by atoms with Gasteiger partial charge in [-0.2, -0.15) is 13.8 Å². The van der Waals surface area contributed by atoms with Crippen LogP contribution in [0.4, 0.5) is 13.2 Å². The maximum absolute atomic E-state index is 13.2. The van der Waals surface area contributed by atoms with Crippen molar-refractivity contribution in [2.45, 2.75) is 0 Å². The summed E-state index contributed by atoms with van der Waals surface area (Å²) >= 11 is 0. The van der Waals surface area contributed by atoms with Gasteiger partial charge in [-0.25, -0.2) is 9.37 Å². The van der Waals surface area contributed by atoms with E-state index in [4.69, 9.17) is 0 Å². The second-order valence-corrected chi connectivity index (χ2v) is 2.85. The van der Waals surface area contributed by atoms with Crippen LogP contribution in [0.15, 0.2) is 30.5 Å². The van der Waals surface area contributed by atoms with Crippen molar-refractivity contribution >= 4 is 0 Å². The van der Waals surface area contributed by atoms with Crippen molar-refractivity contribution in [3.05, 3.63) is 48.3 Å². The van der Waals surface area contributed by atoms with Crippen molar-refractivity contribution in [1.82, 2.24) is 9.97 Å². The number of benzene rings is 1. The Morgan fingerprint density at radius 1 is 0.933 bits per heavy atom. The van der Waals surface area contributed by atoms with E-state index < -0.39 is 17.8 Å². The summed E-state index contributed by atoms with van der Waals surface area (Å²) in [5, 5.41) is 0. The van der Waals surface area contributed by atoms with Gasteiger partial charge in [-0.1, -0.05) is 12.1 Å². The quantitative estimate of drug-likeness (QED) is 0.534. The topological polar surface area (TPSA) is 25.8 Å². The molecule has 0 amide bonds. The molecule has 0 radical (unpaired) electrons. The molecule has 1 aromatic carbocycles. The summed E-state index contributed by atoms with van der Waals surface area (Å²) in [5.41, 5.74) is 0.435. The van der Waals surface area contributed by atoms with Gasteiger partial charge in [-0.15, -0.1) is 0 Å². The standard InChI is InChI=1S/C10H5F3N2/c11-7-3-1-6(2-4-7)8-5-14-10(13)15-9(8)12/h1-5H. The van der Waals surface area contributed by atoms with Gasteiger partial charge in [0.05, 0.1) is 5.56 Å². The van der Waals surface area contributed by atoms with Gasteiger partial charge in [-0.05, 0) is 17.7 Å². The lowest BCUT2D eigenvalue weighted by Crippen LogP contribution is -1.95. The summed E-state index contributed by atoms with van der Waals surface area (Å²) in [6.07, 6.45) is -0.108. The van der Waals surface area contributed by atoms with Crippen molar-refractivity contribution in [3.63, 3.8) is 0 Å². The molecular weight excluding hydrogens is 205 g/mol. The summed E-state index contributed by atoms with van der Waals surface area (Å²) < 4.78 is 38.1. The maximum atomic E-state index is 13.2. The molecule has 2 nitrogen and oxygen atoms in total. The van der Waals surface area contributed by atoms with Crippen molar-refractivity contribution in [1.29, 1.82) is 0 Å². The second-order valence-electron chi connectivity index (χ2n) is 2.85. The average Bonchev–Trinajstić information content (AvgIpc) is 2.20. The number of halogens is 3. The molecule has 0 saturated carbocycles. The Morgan fingerprint density at radius 3 is 2.20 bits per heavy atom. The Bertz CT molecular complexity index is 483. The van der Waals surface area contributed by atoms with Crippen LogP contribution in [0.2, 0.25) is 0 Å². The van der Waals surface area contributed by atoms with Crippen molar-refractivity contribution in [2.75, 3.05) is 0 Å². The largest absolute Gasteiger partial charge is 0.311 e. The Labute approximate surface area is 83.4 Å². The fraction of sp³-hybridized carbons (Fsp3) is 0. The number of hydrogen-bond donors (Lipinski definition) is 0. The van der Waals surface area contributed by atoms with E-state index in [9.17, 15) is 13.2 Å². The number of rotatable bonds is 1. The first-order chi connectivity index (χ1) is 7.16. The number of nitrogens with zero attached hydrogens (tertiary/aromatic N) is 2. The summed E-state index contributed by atoms with van der Waals surface area (Å²) in [6, 6.07) is 5.10. The molecule has 0 spiro atoms. The zero-order valence-corrected chi connectivity index (χ0v) is 7.42. The molecule has 0 saturated heterocycles. The minimum Gasteiger partial charge on any atom is -0.210 e. The Balaban J connectivity index is 2.49. The SMILES string of the molecule is Fc1ccc(-c2cnc(F)nc2F)cc1. The van der Waals surface area contributed by atoms with E-state index in [-0.39, 0.29) is 5.56 Å². The normalized spacial score (nSPS) is 10.3. The van der Waals surface area contributed by atoms with Gasteiger partial charge >= 0.3 is 6.08 Å². The van der Waals surface area contributed by atoms with Gasteiger partial charge in [0.1, 0.15) is 5.82 Å². The minimum atomic E-state index is -1.13. The molecule has 0 aliphatic carbocycles. The number of hydrogen-bond acceptors (Lipinski definition) is 2. The molecule has 0 unspecified atom stereocenters. The van der Waals surface area contributed by atoms with Gasteiger partial charge < -0.3 is 0 Å². The van der Waals surface area contributed by atoms with Crippen molar-refractivity contribution in [2.24, 2.45) is 0 Å². The van der Waals surface area contributed by atoms with Crippen LogP contribution in [0.25, 0.3) is 11.1 Å². The lowest BCUT2D eigenvalue weighted by molar-refractivity contribution is 0.485. The highest BCUT2D eigenvalue weighted by Gasteiger charge is 2.08. The third-order valence-corrected chi connectivity index (χ3v) is 1.87.